The Morgan fingerprint density at radius 2 is 1.87 bits per heavy atom. The molecular weight excluding hydrogens is 288 g/mol. The van der Waals surface area contributed by atoms with Crippen LogP contribution >= 0.6 is 0 Å². The molecule has 4 nitrogen and oxygen atoms in total. The van der Waals surface area contributed by atoms with Crippen molar-refractivity contribution >= 4 is 17.5 Å². The molecule has 0 bridgehead atoms. The van der Waals surface area contributed by atoms with Gasteiger partial charge in [-0.3, -0.25) is 9.59 Å². The van der Waals surface area contributed by atoms with Crippen LogP contribution in [0.1, 0.15) is 64.5 Å². The molecule has 0 heterocycles. The van der Waals surface area contributed by atoms with Crippen LogP contribution in [0.2, 0.25) is 0 Å². The molecule has 1 atom stereocenters. The molecule has 2 amide bonds. The van der Waals surface area contributed by atoms with E-state index in [1.807, 2.05) is 39.0 Å². The van der Waals surface area contributed by atoms with E-state index in [0.29, 0.717) is 18.9 Å². The van der Waals surface area contributed by atoms with E-state index in [1.54, 1.807) is 11.8 Å². The molecule has 0 saturated carbocycles. The second-order valence-corrected chi connectivity index (χ2v) is 6.46. The smallest absolute Gasteiger partial charge is 0.226 e. The molecule has 23 heavy (non-hydrogen) atoms. The van der Waals surface area contributed by atoms with Crippen LogP contribution in [0.5, 0.6) is 0 Å². The third-order valence-electron chi connectivity index (χ3n) is 4.30. The third kappa shape index (κ3) is 5.38. The summed E-state index contributed by atoms with van der Waals surface area (Å²) < 4.78 is 0. The first-order valence-corrected chi connectivity index (χ1v) is 8.44. The quantitative estimate of drug-likeness (QED) is 0.823. The van der Waals surface area contributed by atoms with Crippen molar-refractivity contribution in [2.24, 2.45) is 0 Å². The fourth-order valence-corrected chi connectivity index (χ4v) is 2.67. The topological polar surface area (TPSA) is 49.4 Å². The summed E-state index contributed by atoms with van der Waals surface area (Å²) in [6.45, 7) is 12.3. The predicted octanol–water partition coefficient (Wildman–Crippen LogP) is 4.09. The van der Waals surface area contributed by atoms with Crippen LogP contribution in [-0.2, 0) is 9.59 Å². The lowest BCUT2D eigenvalue weighted by molar-refractivity contribution is -0.131. The zero-order valence-corrected chi connectivity index (χ0v) is 15.3. The molecular formula is C19H30N2O2. The van der Waals surface area contributed by atoms with Crippen molar-refractivity contribution in [2.45, 2.75) is 66.3 Å². The van der Waals surface area contributed by atoms with Gasteiger partial charge in [0.05, 0.1) is 0 Å². The molecule has 1 unspecified atom stereocenters. The Balaban J connectivity index is 2.76. The lowest BCUT2D eigenvalue weighted by Gasteiger charge is -2.27. The first-order valence-electron chi connectivity index (χ1n) is 8.44. The van der Waals surface area contributed by atoms with E-state index in [9.17, 15) is 9.59 Å². The number of hydrogen-bond acceptors (Lipinski definition) is 2. The Morgan fingerprint density at radius 3 is 2.39 bits per heavy atom. The third-order valence-corrected chi connectivity index (χ3v) is 4.30. The van der Waals surface area contributed by atoms with Crippen LogP contribution in [0.25, 0.3) is 0 Å². The van der Waals surface area contributed by atoms with E-state index < -0.39 is 0 Å². The standard InChI is InChI=1S/C19H30N2O2/c1-7-15(5)21(16(6)22)12-11-18(23)20-19-14(4)9-8-10-17(19)13(2)3/h8-10,13,15H,7,11-12H2,1-6H3,(H,20,23). The molecule has 1 N–H and O–H groups in total. The average molecular weight is 318 g/mol. The Kier molecular flexibility index (Phi) is 7.27. The lowest BCUT2D eigenvalue weighted by Crippen LogP contribution is -2.38. The SMILES string of the molecule is CCC(C)N(CCC(=O)Nc1c(C)cccc1C(C)C)C(C)=O. The van der Waals surface area contributed by atoms with Crippen molar-refractivity contribution in [3.63, 3.8) is 0 Å². The van der Waals surface area contributed by atoms with Crippen LogP contribution in [0.15, 0.2) is 18.2 Å². The summed E-state index contributed by atoms with van der Waals surface area (Å²) in [5, 5.41) is 3.03. The normalized spacial score (nSPS) is 12.1. The molecule has 4 heteroatoms. The van der Waals surface area contributed by atoms with Crippen LogP contribution in [0.3, 0.4) is 0 Å². The lowest BCUT2D eigenvalue weighted by atomic mass is 9.98. The Labute approximate surface area is 140 Å². The van der Waals surface area contributed by atoms with Crippen LogP contribution in [0.4, 0.5) is 5.69 Å². The maximum atomic E-state index is 12.3. The highest BCUT2D eigenvalue weighted by Crippen LogP contribution is 2.27. The highest BCUT2D eigenvalue weighted by atomic mass is 16.2. The van der Waals surface area contributed by atoms with Gasteiger partial charge in [-0.05, 0) is 37.3 Å². The zero-order chi connectivity index (χ0) is 17.6. The van der Waals surface area contributed by atoms with Gasteiger partial charge in [-0.1, -0.05) is 39.0 Å². The molecule has 0 aromatic heterocycles. The predicted molar refractivity (Wildman–Crippen MR) is 95.7 cm³/mol. The van der Waals surface area contributed by atoms with Gasteiger partial charge in [-0.2, -0.15) is 0 Å². The molecule has 1 rings (SSSR count). The summed E-state index contributed by atoms with van der Waals surface area (Å²) in [6, 6.07) is 6.22. The highest BCUT2D eigenvalue weighted by Gasteiger charge is 2.17. The monoisotopic (exact) mass is 318 g/mol. The second-order valence-electron chi connectivity index (χ2n) is 6.46. The number of para-hydroxylation sites is 1. The maximum absolute atomic E-state index is 12.3. The number of anilines is 1. The summed E-state index contributed by atoms with van der Waals surface area (Å²) in [4.78, 5) is 25.8. The van der Waals surface area contributed by atoms with Gasteiger partial charge in [0, 0.05) is 31.6 Å². The number of amides is 2. The van der Waals surface area contributed by atoms with E-state index in [-0.39, 0.29) is 17.9 Å². The van der Waals surface area contributed by atoms with Gasteiger partial charge in [0.15, 0.2) is 0 Å². The van der Waals surface area contributed by atoms with E-state index in [1.165, 1.54) is 0 Å². The van der Waals surface area contributed by atoms with Crippen LogP contribution in [0, 0.1) is 6.92 Å². The van der Waals surface area contributed by atoms with Gasteiger partial charge in [0.25, 0.3) is 0 Å². The summed E-state index contributed by atoms with van der Waals surface area (Å²) in [5.41, 5.74) is 3.11. The molecule has 0 fully saturated rings. The van der Waals surface area contributed by atoms with Gasteiger partial charge < -0.3 is 10.2 Å². The molecule has 0 aliphatic rings. The van der Waals surface area contributed by atoms with Gasteiger partial charge >= 0.3 is 0 Å². The fraction of sp³-hybridized carbons (Fsp3) is 0.579. The average Bonchev–Trinajstić information content (AvgIpc) is 2.48. The molecule has 0 spiro atoms. The van der Waals surface area contributed by atoms with Gasteiger partial charge in [-0.25, -0.2) is 0 Å². The minimum Gasteiger partial charge on any atom is -0.340 e. The molecule has 0 aliphatic heterocycles. The Morgan fingerprint density at radius 1 is 1.22 bits per heavy atom. The second kappa shape index (κ2) is 8.70. The number of carbonyl (C=O) groups is 2. The van der Waals surface area contributed by atoms with Gasteiger partial charge in [0.2, 0.25) is 11.8 Å². The number of aryl methyl sites for hydroxylation is 1. The van der Waals surface area contributed by atoms with Crippen molar-refractivity contribution in [1.82, 2.24) is 4.90 Å². The van der Waals surface area contributed by atoms with E-state index in [0.717, 1.165) is 23.2 Å². The minimum atomic E-state index is -0.0456. The van der Waals surface area contributed by atoms with Crippen LogP contribution in [-0.4, -0.2) is 29.3 Å². The molecule has 0 radical (unpaired) electrons. The van der Waals surface area contributed by atoms with Gasteiger partial charge in [0.1, 0.15) is 0 Å². The zero-order valence-electron chi connectivity index (χ0n) is 15.3. The molecule has 0 aliphatic carbocycles. The first-order chi connectivity index (χ1) is 10.8. The van der Waals surface area contributed by atoms with E-state index >= 15 is 0 Å². The maximum Gasteiger partial charge on any atom is 0.226 e. The van der Waals surface area contributed by atoms with E-state index in [2.05, 4.69) is 19.2 Å². The largest absolute Gasteiger partial charge is 0.340 e. The Hall–Kier alpha value is -1.84. The molecule has 128 valence electrons. The molecule has 0 saturated heterocycles. The fourth-order valence-electron chi connectivity index (χ4n) is 2.67. The van der Waals surface area contributed by atoms with Crippen molar-refractivity contribution in [2.75, 3.05) is 11.9 Å². The number of carbonyl (C=O) groups excluding carboxylic acids is 2. The number of nitrogens with zero attached hydrogens (tertiary/aromatic N) is 1. The number of hydrogen-bond donors (Lipinski definition) is 1. The summed E-state index contributed by atoms with van der Waals surface area (Å²) in [6.07, 6.45) is 1.20. The van der Waals surface area contributed by atoms with Gasteiger partial charge in [-0.15, -0.1) is 0 Å². The van der Waals surface area contributed by atoms with E-state index in [4.69, 9.17) is 0 Å². The number of nitrogens with one attached hydrogen (secondary N) is 1. The minimum absolute atomic E-state index is 0.0194. The summed E-state index contributed by atoms with van der Waals surface area (Å²) in [5.74, 6) is 0.320. The van der Waals surface area contributed by atoms with Crippen molar-refractivity contribution in [3.05, 3.63) is 29.3 Å². The molecule has 1 aromatic carbocycles. The summed E-state index contributed by atoms with van der Waals surface area (Å²) >= 11 is 0. The number of rotatable bonds is 7. The van der Waals surface area contributed by atoms with Crippen molar-refractivity contribution in [3.8, 4) is 0 Å². The Bertz CT molecular complexity index is 552. The first kappa shape index (κ1) is 19.2. The van der Waals surface area contributed by atoms with Crippen molar-refractivity contribution < 1.29 is 9.59 Å². The summed E-state index contributed by atoms with van der Waals surface area (Å²) in [7, 11) is 0. The van der Waals surface area contributed by atoms with Crippen LogP contribution < -0.4 is 5.32 Å². The van der Waals surface area contributed by atoms with Crippen molar-refractivity contribution in [1.29, 1.82) is 0 Å². The molecule has 1 aromatic rings. The number of benzene rings is 1. The highest BCUT2D eigenvalue weighted by molar-refractivity contribution is 5.92.